The second-order valence-electron chi connectivity index (χ2n) is 5.34. The molecule has 0 aliphatic carbocycles. The molecule has 2 N–H and O–H groups in total. The van der Waals surface area contributed by atoms with Gasteiger partial charge in [0.2, 0.25) is 0 Å². The second-order valence-corrected chi connectivity index (χ2v) is 8.92. The third-order valence-corrected chi connectivity index (χ3v) is 4.86. The molecule has 1 aromatic heterocycles. The van der Waals surface area contributed by atoms with Gasteiger partial charge in [-0.25, -0.2) is 13.4 Å². The van der Waals surface area contributed by atoms with Crippen molar-refractivity contribution >= 4 is 27.1 Å². The number of aryl methyl sites for hydroxylation is 1. The van der Waals surface area contributed by atoms with E-state index in [1.54, 1.807) is 11.3 Å². The molecule has 22 heavy (non-hydrogen) atoms. The molecule has 0 bridgehead atoms. The second kappa shape index (κ2) is 9.09. The standard InChI is InChI=1S/C14H26N4O2S2/c1-5-15-14(18-11(2)7-9-22(4,19)20)16-8-6-13-17-10-12(3)21-13/h10-11H,5-9H2,1-4H3,(H2,15,16,18). The summed E-state index contributed by atoms with van der Waals surface area (Å²) in [4.78, 5) is 10.0. The molecule has 1 unspecified atom stereocenters. The molecule has 1 atom stereocenters. The minimum atomic E-state index is -2.93. The Hall–Kier alpha value is -1.15. The van der Waals surface area contributed by atoms with Crippen LogP contribution in [-0.4, -0.2) is 50.5 Å². The summed E-state index contributed by atoms with van der Waals surface area (Å²) in [6, 6.07) is 0.0506. The van der Waals surface area contributed by atoms with Crippen molar-refractivity contribution in [3.8, 4) is 0 Å². The Kier molecular flexibility index (Phi) is 7.81. The lowest BCUT2D eigenvalue weighted by atomic mass is 10.3. The number of aromatic nitrogens is 1. The zero-order chi connectivity index (χ0) is 16.6. The molecule has 0 aromatic carbocycles. The predicted molar refractivity (Wildman–Crippen MR) is 93.5 cm³/mol. The van der Waals surface area contributed by atoms with Crippen molar-refractivity contribution in [1.82, 2.24) is 15.6 Å². The van der Waals surface area contributed by atoms with Gasteiger partial charge in [-0.05, 0) is 27.2 Å². The number of hydrogen-bond donors (Lipinski definition) is 2. The first-order chi connectivity index (χ1) is 10.3. The van der Waals surface area contributed by atoms with Gasteiger partial charge >= 0.3 is 0 Å². The van der Waals surface area contributed by atoms with Crippen molar-refractivity contribution in [2.75, 3.05) is 25.1 Å². The molecule has 0 spiro atoms. The molecule has 0 radical (unpaired) electrons. The van der Waals surface area contributed by atoms with Crippen LogP contribution in [0.15, 0.2) is 11.2 Å². The minimum absolute atomic E-state index is 0.0506. The summed E-state index contributed by atoms with van der Waals surface area (Å²) in [6.45, 7) is 7.42. The van der Waals surface area contributed by atoms with E-state index in [0.29, 0.717) is 13.0 Å². The summed E-state index contributed by atoms with van der Waals surface area (Å²) >= 11 is 1.69. The Morgan fingerprint density at radius 2 is 2.23 bits per heavy atom. The van der Waals surface area contributed by atoms with E-state index in [1.807, 2.05) is 27.0 Å². The zero-order valence-corrected chi connectivity index (χ0v) is 15.4. The highest BCUT2D eigenvalue weighted by Crippen LogP contribution is 2.11. The molecule has 0 saturated carbocycles. The first-order valence-electron chi connectivity index (χ1n) is 7.44. The summed E-state index contributed by atoms with van der Waals surface area (Å²) in [7, 11) is -2.93. The average molecular weight is 347 g/mol. The fourth-order valence-corrected chi connectivity index (χ4v) is 3.35. The fourth-order valence-electron chi connectivity index (χ4n) is 1.80. The van der Waals surface area contributed by atoms with Gasteiger partial charge in [-0.2, -0.15) is 0 Å². The first kappa shape index (κ1) is 18.9. The van der Waals surface area contributed by atoms with Crippen LogP contribution in [0.1, 0.15) is 30.2 Å². The minimum Gasteiger partial charge on any atom is -0.357 e. The van der Waals surface area contributed by atoms with Crippen molar-refractivity contribution in [2.24, 2.45) is 4.99 Å². The van der Waals surface area contributed by atoms with Crippen molar-refractivity contribution in [1.29, 1.82) is 0 Å². The predicted octanol–water partition coefficient (Wildman–Crippen LogP) is 1.37. The summed E-state index contributed by atoms with van der Waals surface area (Å²) in [6.07, 6.45) is 4.51. The van der Waals surface area contributed by atoms with Gasteiger partial charge < -0.3 is 10.6 Å². The van der Waals surface area contributed by atoms with Gasteiger partial charge in [0.15, 0.2) is 5.96 Å². The summed E-state index contributed by atoms with van der Waals surface area (Å²) in [5.74, 6) is 0.899. The quantitative estimate of drug-likeness (QED) is 0.549. The van der Waals surface area contributed by atoms with E-state index in [0.717, 1.165) is 23.9 Å². The van der Waals surface area contributed by atoms with E-state index in [2.05, 4.69) is 20.6 Å². The number of nitrogens with zero attached hydrogens (tertiary/aromatic N) is 2. The molecule has 0 amide bonds. The number of aliphatic imine (C=N–C) groups is 1. The average Bonchev–Trinajstić information content (AvgIpc) is 2.81. The maximum atomic E-state index is 11.2. The summed E-state index contributed by atoms with van der Waals surface area (Å²) in [5, 5.41) is 7.50. The molecule has 6 nitrogen and oxygen atoms in total. The maximum Gasteiger partial charge on any atom is 0.191 e. The monoisotopic (exact) mass is 346 g/mol. The number of rotatable bonds is 8. The fraction of sp³-hybridized carbons (Fsp3) is 0.714. The third kappa shape index (κ3) is 8.33. The number of guanidine groups is 1. The largest absolute Gasteiger partial charge is 0.357 e. The van der Waals surface area contributed by atoms with Gasteiger partial charge in [0, 0.05) is 42.9 Å². The van der Waals surface area contributed by atoms with Gasteiger partial charge in [-0.15, -0.1) is 11.3 Å². The highest BCUT2D eigenvalue weighted by atomic mass is 32.2. The van der Waals surface area contributed by atoms with E-state index in [-0.39, 0.29) is 11.8 Å². The van der Waals surface area contributed by atoms with Crippen LogP contribution in [0.25, 0.3) is 0 Å². The van der Waals surface area contributed by atoms with Gasteiger partial charge in [-0.1, -0.05) is 0 Å². The Morgan fingerprint density at radius 1 is 1.50 bits per heavy atom. The maximum absolute atomic E-state index is 11.2. The molecule has 8 heteroatoms. The third-order valence-electron chi connectivity index (χ3n) is 2.91. The molecule has 0 saturated heterocycles. The van der Waals surface area contributed by atoms with Crippen LogP contribution in [0, 0.1) is 6.92 Å². The molecular formula is C14H26N4O2S2. The Bertz CT molecular complexity index is 581. The van der Waals surface area contributed by atoms with Crippen LogP contribution in [-0.2, 0) is 16.3 Å². The van der Waals surface area contributed by atoms with Crippen molar-refractivity contribution in [2.45, 2.75) is 39.7 Å². The summed E-state index contributed by atoms with van der Waals surface area (Å²) < 4.78 is 22.4. The van der Waals surface area contributed by atoms with Gasteiger partial charge in [0.25, 0.3) is 0 Å². The van der Waals surface area contributed by atoms with Crippen LogP contribution in [0.4, 0.5) is 0 Å². The van der Waals surface area contributed by atoms with E-state index in [1.165, 1.54) is 11.1 Å². The van der Waals surface area contributed by atoms with E-state index < -0.39 is 9.84 Å². The normalized spacial score (nSPS) is 13.9. The lowest BCUT2D eigenvalue weighted by Gasteiger charge is -2.17. The molecule has 0 aliphatic rings. The van der Waals surface area contributed by atoms with Gasteiger partial charge in [-0.3, -0.25) is 4.99 Å². The Morgan fingerprint density at radius 3 is 2.77 bits per heavy atom. The van der Waals surface area contributed by atoms with E-state index >= 15 is 0 Å². The lowest BCUT2D eigenvalue weighted by molar-refractivity contribution is 0.581. The molecule has 1 rings (SSSR count). The van der Waals surface area contributed by atoms with Crippen LogP contribution in [0.2, 0.25) is 0 Å². The smallest absolute Gasteiger partial charge is 0.191 e. The highest BCUT2D eigenvalue weighted by molar-refractivity contribution is 7.90. The van der Waals surface area contributed by atoms with Crippen molar-refractivity contribution in [3.05, 3.63) is 16.1 Å². The first-order valence-corrected chi connectivity index (χ1v) is 10.3. The lowest BCUT2D eigenvalue weighted by Crippen LogP contribution is -2.43. The molecule has 0 fully saturated rings. The van der Waals surface area contributed by atoms with Crippen LogP contribution in [0.5, 0.6) is 0 Å². The molecule has 1 aromatic rings. The molecule has 126 valence electrons. The SMILES string of the molecule is CCNC(=NCCc1ncc(C)s1)NC(C)CCS(C)(=O)=O. The zero-order valence-electron chi connectivity index (χ0n) is 13.7. The van der Waals surface area contributed by atoms with Crippen LogP contribution in [0.3, 0.4) is 0 Å². The molecular weight excluding hydrogens is 320 g/mol. The molecule has 0 aliphatic heterocycles. The van der Waals surface area contributed by atoms with Crippen LogP contribution < -0.4 is 10.6 Å². The Balaban J connectivity index is 2.47. The van der Waals surface area contributed by atoms with Gasteiger partial charge in [0.05, 0.1) is 10.8 Å². The number of nitrogens with one attached hydrogen (secondary N) is 2. The Labute approximate surface area is 137 Å². The molecule has 1 heterocycles. The number of sulfone groups is 1. The topological polar surface area (TPSA) is 83.4 Å². The van der Waals surface area contributed by atoms with E-state index in [9.17, 15) is 8.42 Å². The summed E-state index contributed by atoms with van der Waals surface area (Å²) in [5.41, 5.74) is 0. The van der Waals surface area contributed by atoms with E-state index in [4.69, 9.17) is 0 Å². The number of thiazole rings is 1. The van der Waals surface area contributed by atoms with Crippen molar-refractivity contribution < 1.29 is 8.42 Å². The van der Waals surface area contributed by atoms with Crippen molar-refractivity contribution in [3.63, 3.8) is 0 Å². The number of hydrogen-bond acceptors (Lipinski definition) is 5. The van der Waals surface area contributed by atoms with Gasteiger partial charge in [0.1, 0.15) is 9.84 Å². The van der Waals surface area contributed by atoms with Crippen LogP contribution >= 0.6 is 11.3 Å². The highest BCUT2D eigenvalue weighted by Gasteiger charge is 2.09.